The first-order valence-electron chi connectivity index (χ1n) is 9.29. The van der Waals surface area contributed by atoms with Crippen LogP contribution in [-0.4, -0.2) is 29.8 Å². The Morgan fingerprint density at radius 3 is 2.83 bits per heavy atom. The highest BCUT2D eigenvalue weighted by Gasteiger charge is 2.22. The van der Waals surface area contributed by atoms with E-state index < -0.39 is 12.5 Å². The number of hydrogen-bond donors (Lipinski definition) is 0. The molecule has 0 saturated carbocycles. The molecule has 3 rings (SSSR count). The van der Waals surface area contributed by atoms with Crippen molar-refractivity contribution < 1.29 is 23.0 Å². The normalized spacial score (nSPS) is 17.9. The van der Waals surface area contributed by atoms with E-state index in [9.17, 15) is 13.6 Å². The Bertz CT molecular complexity index is 944. The number of hydrogen-bond acceptors (Lipinski definition) is 4. The lowest BCUT2D eigenvalue weighted by atomic mass is 9.95. The van der Waals surface area contributed by atoms with Crippen molar-refractivity contribution in [1.29, 1.82) is 0 Å². The monoisotopic (exact) mass is 444 g/mol. The lowest BCUT2D eigenvalue weighted by Gasteiger charge is -2.15. The van der Waals surface area contributed by atoms with Crippen LogP contribution >= 0.6 is 22.9 Å². The molecule has 0 unspecified atom stereocenters. The van der Waals surface area contributed by atoms with Crippen molar-refractivity contribution in [2.45, 2.75) is 58.3 Å². The molecule has 1 saturated heterocycles. The molecule has 0 aliphatic carbocycles. The van der Waals surface area contributed by atoms with Crippen LogP contribution in [0.1, 0.15) is 48.8 Å². The number of nitrogens with zero attached hydrogens (tertiary/aromatic N) is 2. The van der Waals surface area contributed by atoms with Crippen molar-refractivity contribution in [2.75, 3.05) is 6.61 Å². The first kappa shape index (κ1) is 21.9. The largest absolute Gasteiger partial charge is 0.434 e. The minimum Gasteiger partial charge on any atom is -0.434 e. The van der Waals surface area contributed by atoms with Gasteiger partial charge < -0.3 is 14.0 Å². The Hall–Kier alpha value is -1.77. The number of carbonyl (C=O) groups excluding carboxylic acids is 1. The van der Waals surface area contributed by atoms with Crippen LogP contribution in [0, 0.1) is 0 Å². The highest BCUT2D eigenvalue weighted by molar-refractivity contribution is 7.09. The van der Waals surface area contributed by atoms with Gasteiger partial charge in [-0.05, 0) is 36.5 Å². The molecule has 1 aromatic heterocycles. The zero-order chi connectivity index (χ0) is 21.2. The van der Waals surface area contributed by atoms with Gasteiger partial charge >= 0.3 is 6.61 Å². The van der Waals surface area contributed by atoms with Crippen molar-refractivity contribution in [3.05, 3.63) is 44.7 Å². The number of rotatable bonds is 5. The minimum atomic E-state index is -3.05. The summed E-state index contributed by atoms with van der Waals surface area (Å²) in [6, 6.07) is 3.91. The first-order chi connectivity index (χ1) is 13.6. The molecular formula is C20H23ClF2N2O3S. The number of amides is 1. The minimum absolute atomic E-state index is 0.0652. The molecule has 1 atom stereocenters. The molecule has 9 heteroatoms. The Labute approximate surface area is 176 Å². The molecular weight excluding hydrogens is 422 g/mol. The van der Waals surface area contributed by atoms with E-state index in [1.807, 2.05) is 10.8 Å². The summed E-state index contributed by atoms with van der Waals surface area (Å²) < 4.78 is 37.5. The summed E-state index contributed by atoms with van der Waals surface area (Å²) in [7, 11) is 0. The SMILES string of the molecule is CC(C)(C)c1cn(C[C@H]2CCCO2)/c(=N/C(=O)c2cc(Cl)ccc2OC(F)F)s1. The number of benzene rings is 1. The molecule has 158 valence electrons. The van der Waals surface area contributed by atoms with Gasteiger partial charge in [0, 0.05) is 22.7 Å². The summed E-state index contributed by atoms with van der Waals surface area (Å²) in [6.07, 6.45) is 3.99. The third-order valence-corrected chi connectivity index (χ3v) is 6.15. The maximum absolute atomic E-state index is 12.8. The Kier molecular flexibility index (Phi) is 6.76. The van der Waals surface area contributed by atoms with Crippen LogP contribution in [0.3, 0.4) is 0 Å². The maximum Gasteiger partial charge on any atom is 0.387 e. The third-order valence-electron chi connectivity index (χ3n) is 4.47. The molecule has 1 fully saturated rings. The lowest BCUT2D eigenvalue weighted by Crippen LogP contribution is -2.23. The summed E-state index contributed by atoms with van der Waals surface area (Å²) in [5.41, 5.74) is -0.230. The first-order valence-corrected chi connectivity index (χ1v) is 10.5. The van der Waals surface area contributed by atoms with Gasteiger partial charge in [-0.25, -0.2) is 0 Å². The van der Waals surface area contributed by atoms with E-state index in [0.717, 1.165) is 24.3 Å². The third kappa shape index (κ3) is 5.65. The fourth-order valence-corrected chi connectivity index (χ4v) is 4.20. The van der Waals surface area contributed by atoms with E-state index in [2.05, 4.69) is 30.5 Å². The predicted molar refractivity (Wildman–Crippen MR) is 108 cm³/mol. The zero-order valence-electron chi connectivity index (χ0n) is 16.5. The van der Waals surface area contributed by atoms with E-state index in [4.69, 9.17) is 16.3 Å². The lowest BCUT2D eigenvalue weighted by molar-refractivity contribution is -0.0501. The van der Waals surface area contributed by atoms with Gasteiger partial charge in [-0.2, -0.15) is 13.8 Å². The van der Waals surface area contributed by atoms with Crippen molar-refractivity contribution >= 4 is 28.8 Å². The molecule has 0 radical (unpaired) electrons. The van der Waals surface area contributed by atoms with Crippen LogP contribution in [0.25, 0.3) is 0 Å². The highest BCUT2D eigenvalue weighted by atomic mass is 35.5. The summed E-state index contributed by atoms with van der Waals surface area (Å²) in [4.78, 5) is 18.6. The smallest absolute Gasteiger partial charge is 0.387 e. The van der Waals surface area contributed by atoms with Gasteiger partial charge in [-0.3, -0.25) is 4.79 Å². The number of aromatic nitrogens is 1. The second-order valence-corrected chi connectivity index (χ2v) is 9.30. The maximum atomic E-state index is 12.8. The van der Waals surface area contributed by atoms with Crippen molar-refractivity contribution in [1.82, 2.24) is 4.57 Å². The average molecular weight is 445 g/mol. The van der Waals surface area contributed by atoms with Crippen LogP contribution in [0.4, 0.5) is 8.78 Å². The van der Waals surface area contributed by atoms with Crippen LogP contribution in [0.2, 0.25) is 5.02 Å². The molecule has 29 heavy (non-hydrogen) atoms. The van der Waals surface area contributed by atoms with Crippen LogP contribution in [-0.2, 0) is 16.7 Å². The molecule has 1 aliphatic heterocycles. The summed E-state index contributed by atoms with van der Waals surface area (Å²) >= 11 is 7.35. The molecule has 2 heterocycles. The highest BCUT2D eigenvalue weighted by Crippen LogP contribution is 2.27. The fourth-order valence-electron chi connectivity index (χ4n) is 2.97. The van der Waals surface area contributed by atoms with Gasteiger partial charge in [0.25, 0.3) is 5.91 Å². The number of alkyl halides is 2. The number of ether oxygens (including phenoxy) is 2. The quantitative estimate of drug-likeness (QED) is 0.650. The molecule has 2 aromatic rings. The second-order valence-electron chi connectivity index (χ2n) is 7.85. The van der Waals surface area contributed by atoms with E-state index >= 15 is 0 Å². The van der Waals surface area contributed by atoms with Gasteiger partial charge in [0.1, 0.15) is 5.75 Å². The molecule has 5 nitrogen and oxygen atoms in total. The zero-order valence-corrected chi connectivity index (χ0v) is 18.0. The van der Waals surface area contributed by atoms with Gasteiger partial charge in [-0.15, -0.1) is 11.3 Å². The topological polar surface area (TPSA) is 52.8 Å². The van der Waals surface area contributed by atoms with Gasteiger partial charge in [0.15, 0.2) is 4.80 Å². The Balaban J connectivity index is 2.01. The van der Waals surface area contributed by atoms with E-state index in [1.54, 1.807) is 0 Å². The van der Waals surface area contributed by atoms with Crippen molar-refractivity contribution in [2.24, 2.45) is 4.99 Å². The van der Waals surface area contributed by atoms with Crippen molar-refractivity contribution in [3.63, 3.8) is 0 Å². The van der Waals surface area contributed by atoms with E-state index in [0.29, 0.717) is 11.3 Å². The van der Waals surface area contributed by atoms with Crippen LogP contribution in [0.15, 0.2) is 29.4 Å². The molecule has 0 bridgehead atoms. The summed E-state index contributed by atoms with van der Waals surface area (Å²) in [5.74, 6) is -0.942. The average Bonchev–Trinajstić information content (AvgIpc) is 3.26. The predicted octanol–water partition coefficient (Wildman–Crippen LogP) is 5.02. The summed E-state index contributed by atoms with van der Waals surface area (Å²) in [5, 5.41) is 0.235. The van der Waals surface area contributed by atoms with E-state index in [1.165, 1.54) is 29.5 Å². The standard InChI is InChI=1S/C20H23ClF2N2O3S/c1-20(2,3)16-11-25(10-13-5-4-8-27-13)19(29-16)24-17(26)14-9-12(21)6-7-15(14)28-18(22)23/h6-7,9,11,13,18H,4-5,8,10H2,1-3H3/b24-19-/t13-/m1/s1. The number of thiazole rings is 1. The van der Waals surface area contributed by atoms with E-state index in [-0.39, 0.29) is 27.9 Å². The molecule has 1 amide bonds. The van der Waals surface area contributed by atoms with Crippen LogP contribution in [0.5, 0.6) is 5.75 Å². The van der Waals surface area contributed by atoms with Gasteiger partial charge in [0.2, 0.25) is 0 Å². The fraction of sp³-hybridized carbons (Fsp3) is 0.500. The number of halogens is 3. The van der Waals surface area contributed by atoms with Crippen LogP contribution < -0.4 is 9.54 Å². The summed E-state index contributed by atoms with van der Waals surface area (Å²) in [6.45, 7) is 4.48. The van der Waals surface area contributed by atoms with Crippen molar-refractivity contribution in [3.8, 4) is 5.75 Å². The van der Waals surface area contributed by atoms with Gasteiger partial charge in [0.05, 0.1) is 18.2 Å². The Morgan fingerprint density at radius 1 is 1.45 bits per heavy atom. The van der Waals surface area contributed by atoms with Gasteiger partial charge in [-0.1, -0.05) is 32.4 Å². The Morgan fingerprint density at radius 2 is 2.21 bits per heavy atom. The molecule has 0 N–H and O–H groups in total. The molecule has 0 spiro atoms. The second kappa shape index (κ2) is 8.93. The number of carbonyl (C=O) groups is 1. The molecule has 1 aliphatic rings. The molecule has 1 aromatic carbocycles.